The largest absolute Gasteiger partial charge is 0.477 e. The van der Waals surface area contributed by atoms with Gasteiger partial charge in [0, 0.05) is 34.3 Å². The first-order chi connectivity index (χ1) is 14.7. The fourth-order valence-corrected chi connectivity index (χ4v) is 4.44. The van der Waals surface area contributed by atoms with Gasteiger partial charge in [0.1, 0.15) is 16.8 Å². The van der Waals surface area contributed by atoms with Gasteiger partial charge in [-0.2, -0.15) is 0 Å². The van der Waals surface area contributed by atoms with Crippen LogP contribution in [0, 0.1) is 11.2 Å². The van der Waals surface area contributed by atoms with Gasteiger partial charge >= 0.3 is 5.97 Å². The summed E-state index contributed by atoms with van der Waals surface area (Å²) >= 11 is 0. The highest BCUT2D eigenvalue weighted by Crippen LogP contribution is 2.48. The quantitative estimate of drug-likeness (QED) is 0.462. The minimum absolute atomic E-state index is 0.00878. The van der Waals surface area contributed by atoms with E-state index in [9.17, 15) is 14.7 Å². The average molecular weight is 421 g/mol. The van der Waals surface area contributed by atoms with Crippen LogP contribution in [-0.4, -0.2) is 15.6 Å². The van der Waals surface area contributed by atoms with Crippen molar-refractivity contribution in [3.05, 3.63) is 70.2 Å². The fraction of sp³-hybridized carbons (Fsp3) is 0.250. The summed E-state index contributed by atoms with van der Waals surface area (Å²) in [7, 11) is 0. The number of benzene rings is 1. The molecule has 1 aliphatic rings. The van der Waals surface area contributed by atoms with Crippen molar-refractivity contribution >= 4 is 16.9 Å². The number of hydrogen-bond donors (Lipinski definition) is 1. The van der Waals surface area contributed by atoms with Crippen LogP contribution in [-0.2, 0) is 6.42 Å². The lowest BCUT2D eigenvalue weighted by atomic mass is 9.79. The number of carboxylic acid groups (broad SMARTS) is 1. The van der Waals surface area contributed by atoms with Gasteiger partial charge in [0.2, 0.25) is 5.43 Å². The van der Waals surface area contributed by atoms with E-state index in [1.807, 2.05) is 45.0 Å². The second kappa shape index (κ2) is 6.44. The number of hydrogen-bond acceptors (Lipinski definition) is 4. The number of fused-ring (bicyclic) bond motifs is 5. The molecule has 0 bridgehead atoms. The zero-order chi connectivity index (χ0) is 22.1. The first-order valence-electron chi connectivity index (χ1n) is 9.93. The third-order valence-corrected chi connectivity index (χ3v) is 6.01. The molecule has 0 unspecified atom stereocenters. The van der Waals surface area contributed by atoms with Crippen molar-refractivity contribution in [2.45, 2.75) is 33.2 Å². The van der Waals surface area contributed by atoms with Gasteiger partial charge in [0.25, 0.3) is 0 Å². The van der Waals surface area contributed by atoms with E-state index < -0.39 is 22.8 Å². The summed E-state index contributed by atoms with van der Waals surface area (Å²) in [5.74, 6) is -2.30. The van der Waals surface area contributed by atoms with Gasteiger partial charge in [-0.25, -0.2) is 9.18 Å². The number of rotatable bonds is 2. The molecule has 1 atom stereocenters. The van der Waals surface area contributed by atoms with Crippen molar-refractivity contribution in [1.82, 2.24) is 4.57 Å². The van der Waals surface area contributed by atoms with Crippen molar-refractivity contribution in [1.29, 1.82) is 0 Å². The number of para-hydroxylation sites is 1. The van der Waals surface area contributed by atoms with Crippen LogP contribution in [0.4, 0.5) is 4.39 Å². The Morgan fingerprint density at radius 2 is 2.03 bits per heavy atom. The van der Waals surface area contributed by atoms with Crippen LogP contribution in [0.15, 0.2) is 56.6 Å². The SMILES string of the molecule is CC(C)(C)[C@@H]1Cc2c(oc3c(-c4ccoc4)cccc23)-c2c(F)c(=O)c(C(=O)O)cn21. The van der Waals surface area contributed by atoms with Crippen LogP contribution in [0.2, 0.25) is 0 Å². The molecule has 5 rings (SSSR count). The molecule has 158 valence electrons. The zero-order valence-corrected chi connectivity index (χ0v) is 17.2. The Kier molecular flexibility index (Phi) is 4.02. The number of carbonyl (C=O) groups is 1. The van der Waals surface area contributed by atoms with E-state index in [0.29, 0.717) is 12.0 Å². The third kappa shape index (κ3) is 2.76. The highest BCUT2D eigenvalue weighted by atomic mass is 19.1. The molecular weight excluding hydrogens is 401 g/mol. The Bertz CT molecular complexity index is 1400. The number of furan rings is 2. The fourth-order valence-electron chi connectivity index (χ4n) is 4.44. The monoisotopic (exact) mass is 421 g/mol. The van der Waals surface area contributed by atoms with E-state index in [1.165, 1.54) is 6.20 Å². The van der Waals surface area contributed by atoms with E-state index in [0.717, 1.165) is 22.1 Å². The summed E-state index contributed by atoms with van der Waals surface area (Å²) < 4.78 is 28.3. The normalized spacial score (nSPS) is 15.7. The average Bonchev–Trinajstić information content (AvgIpc) is 3.36. The molecule has 31 heavy (non-hydrogen) atoms. The highest BCUT2D eigenvalue weighted by molar-refractivity contribution is 5.98. The Hall–Kier alpha value is -3.61. The van der Waals surface area contributed by atoms with E-state index in [-0.39, 0.29) is 22.9 Å². The molecule has 3 aromatic heterocycles. The Balaban J connectivity index is 1.88. The minimum atomic E-state index is -1.45. The number of aromatic nitrogens is 1. The molecule has 1 aromatic carbocycles. The van der Waals surface area contributed by atoms with Gasteiger partial charge in [-0.15, -0.1) is 0 Å². The lowest BCUT2D eigenvalue weighted by Gasteiger charge is -2.37. The summed E-state index contributed by atoms with van der Waals surface area (Å²) in [5.41, 5.74) is 0.919. The molecule has 0 amide bonds. The number of nitrogens with zero attached hydrogens (tertiary/aromatic N) is 1. The summed E-state index contributed by atoms with van der Waals surface area (Å²) in [6, 6.07) is 7.24. The molecule has 6 nitrogen and oxygen atoms in total. The Labute approximate surface area is 176 Å². The molecule has 4 aromatic rings. The van der Waals surface area contributed by atoms with Gasteiger partial charge in [0.15, 0.2) is 11.6 Å². The maximum atomic E-state index is 15.4. The number of carboxylic acids is 1. The molecule has 7 heteroatoms. The minimum Gasteiger partial charge on any atom is -0.477 e. The van der Waals surface area contributed by atoms with Crippen LogP contribution in [0.25, 0.3) is 33.6 Å². The molecule has 0 fully saturated rings. The first kappa shape index (κ1) is 19.4. The Morgan fingerprint density at radius 1 is 1.26 bits per heavy atom. The molecular formula is C24H20FNO5. The molecule has 1 aliphatic heterocycles. The van der Waals surface area contributed by atoms with Gasteiger partial charge < -0.3 is 18.5 Å². The maximum Gasteiger partial charge on any atom is 0.341 e. The maximum absolute atomic E-state index is 15.4. The Morgan fingerprint density at radius 3 is 2.68 bits per heavy atom. The van der Waals surface area contributed by atoms with E-state index in [1.54, 1.807) is 17.1 Å². The van der Waals surface area contributed by atoms with Gasteiger partial charge in [-0.3, -0.25) is 4.79 Å². The lowest BCUT2D eigenvalue weighted by Crippen LogP contribution is -2.34. The molecule has 1 N–H and O–H groups in total. The predicted molar refractivity (Wildman–Crippen MR) is 113 cm³/mol. The topological polar surface area (TPSA) is 85.6 Å². The van der Waals surface area contributed by atoms with Crippen molar-refractivity contribution in [3.8, 4) is 22.6 Å². The number of pyridine rings is 1. The molecule has 0 aliphatic carbocycles. The van der Waals surface area contributed by atoms with E-state index in [2.05, 4.69) is 0 Å². The summed E-state index contributed by atoms with van der Waals surface area (Å²) in [6.45, 7) is 6.01. The van der Waals surface area contributed by atoms with Gasteiger partial charge in [-0.1, -0.05) is 39.0 Å². The summed E-state index contributed by atoms with van der Waals surface area (Å²) in [6.07, 6.45) is 4.92. The standard InChI is InChI=1S/C24H20FNO5/c1-24(2,3)17-9-15-14-6-4-5-13(12-7-8-30-11-12)21(14)31-22(15)19-18(25)20(27)16(23(28)29)10-26(17)19/h4-8,10-11,17H,9H2,1-3H3,(H,28,29)/t17-/m0/s1. The number of aromatic carboxylic acids is 1. The van der Waals surface area contributed by atoms with E-state index in [4.69, 9.17) is 8.83 Å². The summed E-state index contributed by atoms with van der Waals surface area (Å²) in [5, 5.41) is 10.3. The first-order valence-corrected chi connectivity index (χ1v) is 9.93. The highest BCUT2D eigenvalue weighted by Gasteiger charge is 2.38. The van der Waals surface area contributed by atoms with Crippen LogP contribution in [0.3, 0.4) is 0 Å². The second-order valence-corrected chi connectivity index (χ2v) is 8.94. The van der Waals surface area contributed by atoms with E-state index >= 15 is 4.39 Å². The van der Waals surface area contributed by atoms with Crippen LogP contribution in [0.1, 0.15) is 42.7 Å². The summed E-state index contributed by atoms with van der Waals surface area (Å²) in [4.78, 5) is 24.1. The van der Waals surface area contributed by atoms with Crippen molar-refractivity contribution in [3.63, 3.8) is 0 Å². The smallest absolute Gasteiger partial charge is 0.341 e. The molecule has 0 spiro atoms. The van der Waals surface area contributed by atoms with Crippen LogP contribution >= 0.6 is 0 Å². The third-order valence-electron chi connectivity index (χ3n) is 6.01. The van der Waals surface area contributed by atoms with Crippen LogP contribution < -0.4 is 5.43 Å². The predicted octanol–water partition coefficient (Wildman–Crippen LogP) is 5.50. The molecule has 0 radical (unpaired) electrons. The molecule has 0 saturated carbocycles. The van der Waals surface area contributed by atoms with Gasteiger partial charge in [0.05, 0.1) is 12.5 Å². The van der Waals surface area contributed by atoms with Crippen molar-refractivity contribution in [2.75, 3.05) is 0 Å². The lowest BCUT2D eigenvalue weighted by molar-refractivity contribution is 0.0692. The van der Waals surface area contributed by atoms with Crippen molar-refractivity contribution < 1.29 is 23.1 Å². The molecule has 4 heterocycles. The molecule has 0 saturated heterocycles. The van der Waals surface area contributed by atoms with Gasteiger partial charge in [-0.05, 0) is 17.9 Å². The van der Waals surface area contributed by atoms with Crippen molar-refractivity contribution in [2.24, 2.45) is 5.41 Å². The zero-order valence-electron chi connectivity index (χ0n) is 17.2. The second-order valence-electron chi connectivity index (χ2n) is 8.94. The number of halogens is 1. The van der Waals surface area contributed by atoms with Crippen LogP contribution in [0.5, 0.6) is 0 Å².